The highest BCUT2D eigenvalue weighted by Gasteiger charge is 2.54. The zero-order chi connectivity index (χ0) is 30.7. The molecule has 224 valence electrons. The Bertz CT molecular complexity index is 1500. The average molecular weight is 639 g/mol. The molecule has 0 spiro atoms. The molecule has 0 saturated carbocycles. The summed E-state index contributed by atoms with van der Waals surface area (Å²) in [6.45, 7) is 3.87. The Morgan fingerprint density at radius 1 is 1.31 bits per heavy atom. The first-order chi connectivity index (χ1) is 19.9. The predicted molar refractivity (Wildman–Crippen MR) is 155 cm³/mol. The molecule has 19 heteroatoms. The van der Waals surface area contributed by atoms with E-state index in [0.29, 0.717) is 23.1 Å². The van der Waals surface area contributed by atoms with E-state index in [2.05, 4.69) is 20.4 Å². The van der Waals surface area contributed by atoms with Crippen LogP contribution in [0.5, 0.6) is 0 Å². The van der Waals surface area contributed by atoms with Crippen molar-refractivity contribution in [2.24, 2.45) is 5.16 Å². The SMILES string of the molecule is CC[n+]1c(N)cc(N)nc1SCC1=C(C(=O)O)N2C(=O)C(NC(=O)/C(=N\OC(C)CC(=O)O)c3csc(N)n3)[C@H]2SC1. The Hall–Kier alpha value is -4.10. The third kappa shape index (κ3) is 6.52. The lowest BCUT2D eigenvalue weighted by molar-refractivity contribution is -0.719. The van der Waals surface area contributed by atoms with Crippen LogP contribution in [0.2, 0.25) is 0 Å². The molecule has 9 N–H and O–H groups in total. The molecule has 2 aromatic rings. The molecule has 0 radical (unpaired) electrons. The zero-order valence-electron chi connectivity index (χ0n) is 22.3. The largest absolute Gasteiger partial charge is 0.481 e. The second kappa shape index (κ2) is 12.8. The van der Waals surface area contributed by atoms with E-state index < -0.39 is 41.3 Å². The quantitative estimate of drug-likeness (QED) is 0.0436. The second-order valence-electron chi connectivity index (χ2n) is 9.06. The molecule has 1 saturated heterocycles. The first-order valence-electron chi connectivity index (χ1n) is 12.4. The summed E-state index contributed by atoms with van der Waals surface area (Å²) in [4.78, 5) is 64.3. The van der Waals surface area contributed by atoms with Crippen LogP contribution in [-0.4, -0.2) is 83.6 Å². The molecule has 4 heterocycles. The highest BCUT2D eigenvalue weighted by molar-refractivity contribution is 8.01. The number of nitrogens with two attached hydrogens (primary N) is 3. The number of aliphatic carboxylic acids is 2. The molecule has 1 fully saturated rings. The maximum atomic E-state index is 13.2. The molecule has 2 amide bonds. The molecule has 42 heavy (non-hydrogen) atoms. The minimum absolute atomic E-state index is 0.0722. The van der Waals surface area contributed by atoms with Crippen molar-refractivity contribution < 1.29 is 38.8 Å². The number of carbonyl (C=O) groups is 4. The van der Waals surface area contributed by atoms with Crippen molar-refractivity contribution >= 4 is 81.1 Å². The summed E-state index contributed by atoms with van der Waals surface area (Å²) in [5, 5.41) is 26.8. The Morgan fingerprint density at radius 2 is 2.05 bits per heavy atom. The monoisotopic (exact) mass is 638 g/mol. The number of amides is 2. The maximum absolute atomic E-state index is 13.2. The molecule has 2 aromatic heterocycles. The van der Waals surface area contributed by atoms with Crippen LogP contribution in [0, 0.1) is 0 Å². The van der Waals surface area contributed by atoms with Gasteiger partial charge in [0.25, 0.3) is 11.8 Å². The summed E-state index contributed by atoms with van der Waals surface area (Å²) < 4.78 is 1.74. The van der Waals surface area contributed by atoms with E-state index in [-0.39, 0.29) is 46.0 Å². The van der Waals surface area contributed by atoms with Crippen molar-refractivity contribution in [3.63, 3.8) is 0 Å². The van der Waals surface area contributed by atoms with Gasteiger partial charge >= 0.3 is 17.1 Å². The fraction of sp³-hybridized carbons (Fsp3) is 0.391. The number of thioether (sulfide) groups is 2. The van der Waals surface area contributed by atoms with Gasteiger partial charge in [-0.25, -0.2) is 14.3 Å². The van der Waals surface area contributed by atoms with Crippen molar-refractivity contribution in [1.82, 2.24) is 20.2 Å². The lowest BCUT2D eigenvalue weighted by Crippen LogP contribution is -2.71. The van der Waals surface area contributed by atoms with Gasteiger partial charge in [-0.05, 0) is 31.2 Å². The van der Waals surface area contributed by atoms with Gasteiger partial charge in [-0.2, -0.15) is 0 Å². The number of carboxylic acid groups (broad SMARTS) is 2. The van der Waals surface area contributed by atoms with Crippen LogP contribution in [0.25, 0.3) is 0 Å². The lowest BCUT2D eigenvalue weighted by Gasteiger charge is -2.49. The van der Waals surface area contributed by atoms with Gasteiger partial charge in [-0.15, -0.1) is 23.1 Å². The van der Waals surface area contributed by atoms with Crippen LogP contribution in [0.1, 0.15) is 26.0 Å². The molecule has 2 aliphatic rings. The number of β-lactam (4-membered cyclic amide) rings is 1. The van der Waals surface area contributed by atoms with Crippen LogP contribution in [-0.2, 0) is 30.6 Å². The lowest BCUT2D eigenvalue weighted by atomic mass is 10.0. The van der Waals surface area contributed by atoms with Gasteiger partial charge in [0.1, 0.15) is 28.9 Å². The smallest absolute Gasteiger partial charge is 0.352 e. The topological polar surface area (TPSA) is 253 Å². The van der Waals surface area contributed by atoms with E-state index >= 15 is 0 Å². The van der Waals surface area contributed by atoms with Crippen molar-refractivity contribution in [3.05, 3.63) is 28.4 Å². The van der Waals surface area contributed by atoms with Gasteiger partial charge in [0, 0.05) is 16.9 Å². The summed E-state index contributed by atoms with van der Waals surface area (Å²) >= 11 is 3.59. The van der Waals surface area contributed by atoms with Crippen molar-refractivity contribution in [3.8, 4) is 0 Å². The number of nitrogen functional groups attached to an aromatic ring is 3. The summed E-state index contributed by atoms with van der Waals surface area (Å²) in [7, 11) is 0. The summed E-state index contributed by atoms with van der Waals surface area (Å²) in [6, 6.07) is 0.479. The number of hydrogen-bond donors (Lipinski definition) is 6. The van der Waals surface area contributed by atoms with Gasteiger partial charge in [0.2, 0.25) is 11.6 Å². The van der Waals surface area contributed by atoms with Crippen LogP contribution >= 0.6 is 34.9 Å². The predicted octanol–water partition coefficient (Wildman–Crippen LogP) is -0.293. The van der Waals surface area contributed by atoms with E-state index in [1.54, 1.807) is 4.57 Å². The number of thiazole rings is 1. The number of anilines is 3. The number of fused-ring (bicyclic) bond motifs is 1. The Labute approximate surface area is 251 Å². The number of nitrogens with zero attached hydrogens (tertiary/aromatic N) is 5. The molecule has 0 bridgehead atoms. The van der Waals surface area contributed by atoms with Gasteiger partial charge < -0.3 is 37.6 Å². The number of nitrogens with one attached hydrogen (secondary N) is 1. The molecule has 0 aliphatic carbocycles. The Balaban J connectivity index is 1.51. The van der Waals surface area contributed by atoms with Gasteiger partial charge in [0.15, 0.2) is 10.8 Å². The van der Waals surface area contributed by atoms with E-state index in [1.807, 2.05) is 6.92 Å². The molecule has 3 atom stereocenters. The number of carboxylic acids is 2. The van der Waals surface area contributed by atoms with E-state index in [0.717, 1.165) is 16.2 Å². The van der Waals surface area contributed by atoms with Crippen molar-refractivity contribution in [1.29, 1.82) is 0 Å². The van der Waals surface area contributed by atoms with Gasteiger partial charge in [0.05, 0.1) is 19.0 Å². The minimum atomic E-state index is -1.28. The fourth-order valence-electron chi connectivity index (χ4n) is 4.15. The minimum Gasteiger partial charge on any atom is -0.481 e. The zero-order valence-corrected chi connectivity index (χ0v) is 24.8. The summed E-state index contributed by atoms with van der Waals surface area (Å²) in [5.41, 5.74) is 17.7. The number of hydrogen-bond acceptors (Lipinski definition) is 14. The third-order valence-electron chi connectivity index (χ3n) is 6.06. The first kappa shape index (κ1) is 30.8. The van der Waals surface area contributed by atoms with E-state index in [9.17, 15) is 24.3 Å². The third-order valence-corrected chi connectivity index (χ3v) is 9.13. The fourth-order valence-corrected chi connectivity index (χ4v) is 7.28. The van der Waals surface area contributed by atoms with Gasteiger partial charge in [-0.1, -0.05) is 10.1 Å². The Kier molecular flexibility index (Phi) is 9.42. The average Bonchev–Trinajstić information content (AvgIpc) is 3.34. The Morgan fingerprint density at radius 3 is 2.67 bits per heavy atom. The van der Waals surface area contributed by atoms with E-state index in [4.69, 9.17) is 27.1 Å². The van der Waals surface area contributed by atoms with Crippen LogP contribution < -0.4 is 27.1 Å². The molecule has 2 aliphatic heterocycles. The molecule has 16 nitrogen and oxygen atoms in total. The molecule has 0 aromatic carbocycles. The normalized spacial score (nSPS) is 19.1. The molecular formula is C23H28N9O7S3+. The molecular weight excluding hydrogens is 611 g/mol. The highest BCUT2D eigenvalue weighted by atomic mass is 32.2. The number of carbonyl (C=O) groups excluding carboxylic acids is 2. The van der Waals surface area contributed by atoms with Crippen LogP contribution in [0.4, 0.5) is 16.8 Å². The van der Waals surface area contributed by atoms with Crippen LogP contribution in [0.3, 0.4) is 0 Å². The number of oxime groups is 1. The number of rotatable bonds is 12. The maximum Gasteiger partial charge on any atom is 0.352 e. The molecule has 2 unspecified atom stereocenters. The first-order valence-corrected chi connectivity index (χ1v) is 15.3. The van der Waals surface area contributed by atoms with Crippen molar-refractivity contribution in [2.75, 3.05) is 28.7 Å². The van der Waals surface area contributed by atoms with Crippen LogP contribution in [0.15, 0.2) is 33.0 Å². The number of aromatic nitrogens is 3. The van der Waals surface area contributed by atoms with Crippen molar-refractivity contribution in [2.45, 2.75) is 49.5 Å². The molecule has 4 rings (SSSR count). The van der Waals surface area contributed by atoms with Gasteiger partial charge in [-0.3, -0.25) is 19.3 Å². The highest BCUT2D eigenvalue weighted by Crippen LogP contribution is 2.41. The standard InChI is InChI=1S/C23H27N9O7S3/c1-3-31-13(25)5-12(24)28-23(31)42-7-10-6-40-20-16(19(36)32(20)17(10)21(37)38)29-18(35)15(11-8-41-22(26)27-11)30-39-9(2)4-14(33)34/h5,8-9,16,20H,3-4,6-7H2,1-2H3,(H8,24,25,26,27,29,33,34,35,37,38)/p+1/b30-15-/t9?,16?,20-/m1/s1. The second-order valence-corrected chi connectivity index (χ2v) is 12.0. The summed E-state index contributed by atoms with van der Waals surface area (Å²) in [5.74, 6) is -2.70. The van der Waals surface area contributed by atoms with E-state index in [1.165, 1.54) is 41.9 Å². The summed E-state index contributed by atoms with van der Waals surface area (Å²) in [6.07, 6.45) is -1.22.